The van der Waals surface area contributed by atoms with Gasteiger partial charge in [-0.1, -0.05) is 0 Å². The van der Waals surface area contributed by atoms with Gasteiger partial charge >= 0.3 is 13.6 Å². The minimum absolute atomic E-state index is 0.0863. The van der Waals surface area contributed by atoms with E-state index in [1.807, 2.05) is 0 Å². The molecule has 0 N–H and O–H groups in total. The highest BCUT2D eigenvalue weighted by Crippen LogP contribution is 2.42. The normalized spacial score (nSPS) is 14.1. The number of benzene rings is 2. The SMILES string of the molecule is COc1ccc(-c2cc3c(o2)=C/C(=C(/c2cc4oc(-c5ccc(OC)cc5)cc4n2B(F)F)C(F)(F)F)N=3)cc1. The van der Waals surface area contributed by atoms with Crippen LogP contribution in [0, 0.1) is 0 Å². The van der Waals surface area contributed by atoms with E-state index in [1.165, 1.54) is 26.4 Å². The summed E-state index contributed by atoms with van der Waals surface area (Å²) >= 11 is 0. The van der Waals surface area contributed by atoms with Crippen molar-refractivity contribution in [2.75, 3.05) is 14.2 Å². The maximum atomic E-state index is 14.4. The van der Waals surface area contributed by atoms with Gasteiger partial charge in [0.15, 0.2) is 11.0 Å². The molecule has 0 saturated carbocycles. The van der Waals surface area contributed by atoms with Crippen LogP contribution in [0.1, 0.15) is 5.69 Å². The third-order valence-electron chi connectivity index (χ3n) is 6.52. The van der Waals surface area contributed by atoms with Crippen LogP contribution < -0.4 is 20.2 Å². The van der Waals surface area contributed by atoms with Crippen LogP contribution in [0.15, 0.2) is 86.3 Å². The molecule has 12 heteroatoms. The molecule has 0 spiro atoms. The average molecular weight is 552 g/mol. The number of fused-ring (bicyclic) bond motifs is 2. The second kappa shape index (κ2) is 9.47. The molecular formula is C28H18BF5N2O4. The summed E-state index contributed by atoms with van der Waals surface area (Å²) in [6.45, 7) is 0. The van der Waals surface area contributed by atoms with Gasteiger partial charge in [-0.15, -0.1) is 0 Å². The summed E-state index contributed by atoms with van der Waals surface area (Å²) in [7, 11) is -0.264. The van der Waals surface area contributed by atoms with E-state index in [2.05, 4.69) is 4.99 Å². The van der Waals surface area contributed by atoms with Crippen LogP contribution in [-0.2, 0) is 0 Å². The summed E-state index contributed by atoms with van der Waals surface area (Å²) in [5.74, 6) is 1.81. The molecule has 0 saturated heterocycles. The summed E-state index contributed by atoms with van der Waals surface area (Å²) in [6, 6.07) is 17.2. The molecule has 4 heterocycles. The van der Waals surface area contributed by atoms with E-state index in [-0.39, 0.29) is 27.6 Å². The number of hydrogen-bond donors (Lipinski definition) is 0. The number of furan rings is 2. The fourth-order valence-corrected chi connectivity index (χ4v) is 4.63. The van der Waals surface area contributed by atoms with Gasteiger partial charge in [-0.3, -0.25) is 8.63 Å². The van der Waals surface area contributed by atoms with Crippen molar-refractivity contribution in [3.8, 4) is 34.1 Å². The van der Waals surface area contributed by atoms with Gasteiger partial charge in [-0.25, -0.2) is 4.99 Å². The Hall–Kier alpha value is -4.74. The predicted molar refractivity (Wildman–Crippen MR) is 138 cm³/mol. The van der Waals surface area contributed by atoms with Gasteiger partial charge in [0.1, 0.15) is 33.9 Å². The van der Waals surface area contributed by atoms with Gasteiger partial charge < -0.3 is 22.8 Å². The molecule has 5 aromatic rings. The van der Waals surface area contributed by atoms with Crippen molar-refractivity contribution in [3.05, 3.63) is 88.9 Å². The molecule has 3 aromatic heterocycles. The van der Waals surface area contributed by atoms with E-state index < -0.39 is 30.5 Å². The lowest BCUT2D eigenvalue weighted by Crippen LogP contribution is -2.21. The zero-order valence-corrected chi connectivity index (χ0v) is 20.9. The van der Waals surface area contributed by atoms with Crippen molar-refractivity contribution >= 4 is 30.2 Å². The minimum atomic E-state index is -5.02. The first-order valence-electron chi connectivity index (χ1n) is 11.9. The molecule has 0 radical (unpaired) electrons. The van der Waals surface area contributed by atoms with E-state index in [9.17, 15) is 21.8 Å². The second-order valence-corrected chi connectivity index (χ2v) is 8.87. The molecule has 0 unspecified atom stereocenters. The van der Waals surface area contributed by atoms with E-state index >= 15 is 0 Å². The van der Waals surface area contributed by atoms with Gasteiger partial charge in [-0.2, -0.15) is 13.2 Å². The van der Waals surface area contributed by atoms with E-state index in [0.717, 1.165) is 12.1 Å². The maximum Gasteiger partial charge on any atom is 0.678 e. The molecule has 6 rings (SSSR count). The third kappa shape index (κ3) is 4.35. The van der Waals surface area contributed by atoms with Crippen LogP contribution in [0.3, 0.4) is 0 Å². The third-order valence-corrected chi connectivity index (χ3v) is 6.52. The average Bonchev–Trinajstić information content (AvgIpc) is 3.67. The molecule has 202 valence electrons. The monoisotopic (exact) mass is 552 g/mol. The molecule has 1 aliphatic rings. The standard InChI is InChI=1S/C28H18BF5N2O4/c1-37-17-7-3-15(4-8-17)23-11-19-25(39-23)12-20(35-19)27(28(30,31)32)22-14-26-21(36(22)29(33)34)13-24(40-26)16-5-9-18(38-2)10-6-16/h3-14H,1-2H3/b27-20+. The summed E-state index contributed by atoms with van der Waals surface area (Å²) < 4.78 is 93.8. The van der Waals surface area contributed by atoms with Gasteiger partial charge in [0.25, 0.3) is 0 Å². The van der Waals surface area contributed by atoms with Crippen molar-refractivity contribution in [2.24, 2.45) is 4.99 Å². The Balaban J connectivity index is 1.45. The Labute approximate surface area is 223 Å². The smallest absolute Gasteiger partial charge is 0.497 e. The van der Waals surface area contributed by atoms with Gasteiger partial charge in [-0.05, 0) is 48.5 Å². The summed E-state index contributed by atoms with van der Waals surface area (Å²) in [4.78, 5) is 4.10. The zero-order chi connectivity index (χ0) is 28.2. The molecule has 40 heavy (non-hydrogen) atoms. The van der Waals surface area contributed by atoms with Gasteiger partial charge in [0.2, 0.25) is 0 Å². The molecule has 0 aliphatic carbocycles. The van der Waals surface area contributed by atoms with Crippen LogP contribution in [-0.4, -0.2) is 32.3 Å². The van der Waals surface area contributed by atoms with Crippen molar-refractivity contribution < 1.29 is 40.1 Å². The molecule has 0 bridgehead atoms. The quantitative estimate of drug-likeness (QED) is 0.182. The fraction of sp³-hybridized carbons (Fsp3) is 0.107. The fourth-order valence-electron chi connectivity index (χ4n) is 4.63. The highest BCUT2D eigenvalue weighted by atomic mass is 19.4. The first kappa shape index (κ1) is 25.5. The van der Waals surface area contributed by atoms with Crippen LogP contribution in [0.4, 0.5) is 21.8 Å². The molecule has 0 atom stereocenters. The Morgan fingerprint density at radius 2 is 1.40 bits per heavy atom. The maximum absolute atomic E-state index is 14.4. The van der Waals surface area contributed by atoms with Crippen LogP contribution in [0.2, 0.25) is 0 Å². The highest BCUT2D eigenvalue weighted by molar-refractivity contribution is 6.43. The number of alkyl halides is 3. The molecule has 6 nitrogen and oxygen atoms in total. The molecule has 1 aliphatic heterocycles. The summed E-state index contributed by atoms with van der Waals surface area (Å²) in [6.07, 6.45) is -3.92. The van der Waals surface area contributed by atoms with E-state index in [4.69, 9.17) is 18.3 Å². The molecule has 2 aromatic carbocycles. The Morgan fingerprint density at radius 3 is 1.90 bits per heavy atom. The van der Waals surface area contributed by atoms with E-state index in [0.29, 0.717) is 32.9 Å². The zero-order valence-electron chi connectivity index (χ0n) is 20.9. The first-order chi connectivity index (χ1) is 19.2. The Bertz CT molecular complexity index is 1850. The summed E-state index contributed by atoms with van der Waals surface area (Å²) in [5.41, 5.74) is -1.65. The van der Waals surface area contributed by atoms with Crippen LogP contribution in [0.25, 0.3) is 45.4 Å². The number of nitrogens with zero attached hydrogens (tertiary/aromatic N) is 2. The Kier molecular flexibility index (Phi) is 6.05. The van der Waals surface area contributed by atoms with Crippen LogP contribution >= 0.6 is 0 Å². The van der Waals surface area contributed by atoms with Gasteiger partial charge in [0, 0.05) is 35.4 Å². The number of allylic oxidation sites excluding steroid dienone is 2. The number of ether oxygens (including phenoxy) is 2. The van der Waals surface area contributed by atoms with E-state index in [1.54, 1.807) is 48.5 Å². The molecule has 0 amide bonds. The summed E-state index contributed by atoms with van der Waals surface area (Å²) in [5, 5.41) is 0.156. The lowest BCUT2D eigenvalue weighted by Gasteiger charge is -2.15. The van der Waals surface area contributed by atoms with Crippen molar-refractivity contribution in [3.63, 3.8) is 0 Å². The van der Waals surface area contributed by atoms with Crippen molar-refractivity contribution in [1.29, 1.82) is 0 Å². The molecular weight excluding hydrogens is 534 g/mol. The van der Waals surface area contributed by atoms with Gasteiger partial charge in [0.05, 0.1) is 31.1 Å². The number of halogens is 5. The number of aromatic nitrogens is 1. The second-order valence-electron chi connectivity index (χ2n) is 8.87. The van der Waals surface area contributed by atoms with Crippen molar-refractivity contribution in [1.82, 2.24) is 4.48 Å². The lowest BCUT2D eigenvalue weighted by molar-refractivity contribution is -0.0695. The largest absolute Gasteiger partial charge is 0.678 e. The molecule has 0 fully saturated rings. The Morgan fingerprint density at radius 1 is 0.825 bits per heavy atom. The van der Waals surface area contributed by atoms with Crippen LogP contribution in [0.5, 0.6) is 11.5 Å². The topological polar surface area (TPSA) is 62.0 Å². The lowest BCUT2D eigenvalue weighted by atomic mass is 10.1. The highest BCUT2D eigenvalue weighted by Gasteiger charge is 2.42. The van der Waals surface area contributed by atoms with Crippen molar-refractivity contribution in [2.45, 2.75) is 6.18 Å². The minimum Gasteiger partial charge on any atom is -0.497 e. The number of rotatable bonds is 6. The predicted octanol–water partition coefficient (Wildman–Crippen LogP) is 6.34. The number of hydrogen-bond acceptors (Lipinski definition) is 5. The number of methoxy groups -OCH3 is 2. The first-order valence-corrected chi connectivity index (χ1v) is 11.9.